The summed E-state index contributed by atoms with van der Waals surface area (Å²) in [5, 5.41) is 10.3. The standard InChI is InChI=1S/C11H11NO4/c1-15-9-4-3-7-6(10(9)13)5-8(12-7)11(14)16-2/h3-5,12-13H,1-2H3. The minimum atomic E-state index is -0.477. The Balaban J connectivity index is 2.62. The van der Waals surface area contributed by atoms with Crippen molar-refractivity contribution in [3.05, 3.63) is 23.9 Å². The monoisotopic (exact) mass is 221 g/mol. The number of carbonyl (C=O) groups excluding carboxylic acids is 1. The molecule has 2 rings (SSSR count). The number of rotatable bonds is 2. The number of H-pyrrole nitrogens is 1. The molecule has 2 N–H and O–H groups in total. The summed E-state index contributed by atoms with van der Waals surface area (Å²) in [5.74, 6) is -0.108. The summed E-state index contributed by atoms with van der Waals surface area (Å²) >= 11 is 0. The second-order valence-electron chi connectivity index (χ2n) is 3.25. The van der Waals surface area contributed by atoms with Gasteiger partial charge in [-0.3, -0.25) is 0 Å². The highest BCUT2D eigenvalue weighted by Gasteiger charge is 2.13. The Hall–Kier alpha value is -2.17. The number of carbonyl (C=O) groups is 1. The zero-order valence-corrected chi connectivity index (χ0v) is 8.90. The van der Waals surface area contributed by atoms with Gasteiger partial charge in [0, 0.05) is 5.39 Å². The van der Waals surface area contributed by atoms with Crippen LogP contribution >= 0.6 is 0 Å². The first kappa shape index (κ1) is 10.4. The van der Waals surface area contributed by atoms with Crippen molar-refractivity contribution in [1.82, 2.24) is 4.98 Å². The molecule has 0 amide bonds. The van der Waals surface area contributed by atoms with Crippen molar-refractivity contribution in [2.45, 2.75) is 0 Å². The van der Waals surface area contributed by atoms with E-state index in [2.05, 4.69) is 9.72 Å². The van der Waals surface area contributed by atoms with Crippen LogP contribution in [0.25, 0.3) is 10.9 Å². The third-order valence-corrected chi connectivity index (χ3v) is 2.36. The van der Waals surface area contributed by atoms with Gasteiger partial charge in [0.25, 0.3) is 0 Å². The van der Waals surface area contributed by atoms with E-state index >= 15 is 0 Å². The number of ether oxygens (including phenoxy) is 2. The molecule has 0 spiro atoms. The van der Waals surface area contributed by atoms with Crippen LogP contribution in [-0.2, 0) is 4.74 Å². The third-order valence-electron chi connectivity index (χ3n) is 2.36. The summed E-state index contributed by atoms with van der Waals surface area (Å²) < 4.78 is 9.55. The highest BCUT2D eigenvalue weighted by Crippen LogP contribution is 2.34. The van der Waals surface area contributed by atoms with Gasteiger partial charge in [-0.25, -0.2) is 4.79 Å². The minimum Gasteiger partial charge on any atom is -0.504 e. The summed E-state index contributed by atoms with van der Waals surface area (Å²) in [4.78, 5) is 14.1. The Labute approximate surface area is 91.6 Å². The van der Waals surface area contributed by atoms with Crippen LogP contribution in [0, 0.1) is 0 Å². The molecule has 1 heterocycles. The second kappa shape index (κ2) is 3.77. The van der Waals surface area contributed by atoms with Crippen LogP contribution in [0.3, 0.4) is 0 Å². The molecule has 0 saturated heterocycles. The molecule has 0 aliphatic rings. The molecule has 5 heteroatoms. The number of fused-ring (bicyclic) bond motifs is 1. The van der Waals surface area contributed by atoms with E-state index in [4.69, 9.17) is 4.74 Å². The SMILES string of the molecule is COC(=O)c1cc2c(O)c(OC)ccc2[nH]1. The molecule has 0 aliphatic carbocycles. The zero-order chi connectivity index (χ0) is 11.7. The van der Waals surface area contributed by atoms with E-state index < -0.39 is 5.97 Å². The van der Waals surface area contributed by atoms with Crippen LogP contribution in [-0.4, -0.2) is 30.3 Å². The summed E-state index contributed by atoms with van der Waals surface area (Å²) in [5.41, 5.74) is 0.944. The number of aromatic amines is 1. The molecular formula is C11H11NO4. The fraction of sp³-hybridized carbons (Fsp3) is 0.182. The largest absolute Gasteiger partial charge is 0.504 e. The second-order valence-corrected chi connectivity index (χ2v) is 3.25. The van der Waals surface area contributed by atoms with Gasteiger partial charge in [-0.1, -0.05) is 0 Å². The van der Waals surface area contributed by atoms with Gasteiger partial charge >= 0.3 is 5.97 Å². The van der Waals surface area contributed by atoms with Gasteiger partial charge in [0.1, 0.15) is 5.69 Å². The van der Waals surface area contributed by atoms with Gasteiger partial charge in [-0.15, -0.1) is 0 Å². The first-order chi connectivity index (χ1) is 7.67. The summed E-state index contributed by atoms with van der Waals surface area (Å²) in [6, 6.07) is 4.87. The van der Waals surface area contributed by atoms with Gasteiger partial charge in [0.2, 0.25) is 0 Å². The van der Waals surface area contributed by atoms with Crippen molar-refractivity contribution in [3.63, 3.8) is 0 Å². The molecule has 5 nitrogen and oxygen atoms in total. The number of esters is 1. The first-order valence-electron chi connectivity index (χ1n) is 4.64. The summed E-state index contributed by atoms with van der Waals surface area (Å²) in [6.07, 6.45) is 0. The predicted molar refractivity (Wildman–Crippen MR) is 57.9 cm³/mol. The lowest BCUT2D eigenvalue weighted by molar-refractivity contribution is 0.0595. The van der Waals surface area contributed by atoms with Crippen molar-refractivity contribution in [3.8, 4) is 11.5 Å². The van der Waals surface area contributed by atoms with Gasteiger partial charge in [-0.05, 0) is 18.2 Å². The molecule has 2 aromatic rings. The van der Waals surface area contributed by atoms with E-state index in [1.54, 1.807) is 12.1 Å². The molecule has 0 radical (unpaired) electrons. The number of methoxy groups -OCH3 is 2. The third kappa shape index (κ3) is 1.46. The van der Waals surface area contributed by atoms with Crippen LogP contribution in [0.1, 0.15) is 10.5 Å². The Morgan fingerprint density at radius 2 is 2.12 bits per heavy atom. The molecule has 0 aliphatic heterocycles. The van der Waals surface area contributed by atoms with Crippen LogP contribution in [0.4, 0.5) is 0 Å². The molecule has 1 aromatic heterocycles. The maximum Gasteiger partial charge on any atom is 0.354 e. The van der Waals surface area contributed by atoms with E-state index in [-0.39, 0.29) is 5.75 Å². The number of hydrogen-bond donors (Lipinski definition) is 2. The molecule has 0 bridgehead atoms. The molecule has 0 saturated carbocycles. The van der Waals surface area contributed by atoms with Gasteiger partial charge in [-0.2, -0.15) is 0 Å². The number of aromatic nitrogens is 1. The quantitative estimate of drug-likeness (QED) is 0.756. The normalized spacial score (nSPS) is 10.4. The maximum absolute atomic E-state index is 11.3. The summed E-state index contributed by atoms with van der Waals surface area (Å²) in [7, 11) is 2.77. The highest BCUT2D eigenvalue weighted by atomic mass is 16.5. The average molecular weight is 221 g/mol. The fourth-order valence-corrected chi connectivity index (χ4v) is 1.55. The lowest BCUT2D eigenvalue weighted by atomic mass is 10.2. The van der Waals surface area contributed by atoms with Crippen LogP contribution in [0.2, 0.25) is 0 Å². The van der Waals surface area contributed by atoms with Crippen LogP contribution in [0.5, 0.6) is 11.5 Å². The molecule has 0 fully saturated rings. The number of benzene rings is 1. The van der Waals surface area contributed by atoms with Crippen molar-refractivity contribution in [2.75, 3.05) is 14.2 Å². The Morgan fingerprint density at radius 1 is 1.38 bits per heavy atom. The lowest BCUT2D eigenvalue weighted by Crippen LogP contribution is -2.00. The van der Waals surface area contributed by atoms with E-state index in [0.717, 1.165) is 0 Å². The number of aromatic hydroxyl groups is 1. The van der Waals surface area contributed by atoms with Crippen LogP contribution < -0.4 is 4.74 Å². The maximum atomic E-state index is 11.3. The van der Waals surface area contributed by atoms with Crippen LogP contribution in [0.15, 0.2) is 18.2 Å². The van der Waals surface area contributed by atoms with Gasteiger partial charge in [0.05, 0.1) is 19.7 Å². The molecule has 0 unspecified atom stereocenters. The number of phenols is 1. The van der Waals surface area contributed by atoms with Crippen molar-refractivity contribution >= 4 is 16.9 Å². The number of nitrogens with one attached hydrogen (secondary N) is 1. The molecule has 1 aromatic carbocycles. The predicted octanol–water partition coefficient (Wildman–Crippen LogP) is 1.67. The fourth-order valence-electron chi connectivity index (χ4n) is 1.55. The van der Waals surface area contributed by atoms with Crippen molar-refractivity contribution in [1.29, 1.82) is 0 Å². The molecule has 84 valence electrons. The first-order valence-corrected chi connectivity index (χ1v) is 4.64. The average Bonchev–Trinajstić information content (AvgIpc) is 2.73. The molecule has 0 atom stereocenters. The Morgan fingerprint density at radius 3 is 2.75 bits per heavy atom. The van der Waals surface area contributed by atoms with Gasteiger partial charge in [0.15, 0.2) is 11.5 Å². The van der Waals surface area contributed by atoms with Crippen molar-refractivity contribution in [2.24, 2.45) is 0 Å². The Bertz CT molecular complexity index is 544. The van der Waals surface area contributed by atoms with E-state index in [1.807, 2.05) is 0 Å². The highest BCUT2D eigenvalue weighted by molar-refractivity contribution is 5.97. The minimum absolute atomic E-state index is 0.00593. The number of phenolic OH excluding ortho intramolecular Hbond substituents is 1. The Kier molecular flexibility index (Phi) is 2.44. The number of hydrogen-bond acceptors (Lipinski definition) is 4. The summed E-state index contributed by atoms with van der Waals surface area (Å²) in [6.45, 7) is 0. The molecule has 16 heavy (non-hydrogen) atoms. The van der Waals surface area contributed by atoms with E-state index in [0.29, 0.717) is 22.3 Å². The van der Waals surface area contributed by atoms with E-state index in [1.165, 1.54) is 20.3 Å². The van der Waals surface area contributed by atoms with Gasteiger partial charge < -0.3 is 19.6 Å². The van der Waals surface area contributed by atoms with E-state index in [9.17, 15) is 9.90 Å². The zero-order valence-electron chi connectivity index (χ0n) is 8.90. The molecular weight excluding hydrogens is 210 g/mol. The van der Waals surface area contributed by atoms with Crippen molar-refractivity contribution < 1.29 is 19.4 Å². The lowest BCUT2D eigenvalue weighted by Gasteiger charge is -2.02. The topological polar surface area (TPSA) is 71.6 Å². The smallest absolute Gasteiger partial charge is 0.354 e.